The van der Waals surface area contributed by atoms with Gasteiger partial charge >= 0.3 is 17.7 Å². The van der Waals surface area contributed by atoms with Crippen LogP contribution >= 0.6 is 11.6 Å². The summed E-state index contributed by atoms with van der Waals surface area (Å²) in [6, 6.07) is 9.56. The molecule has 1 aliphatic rings. The summed E-state index contributed by atoms with van der Waals surface area (Å²) in [6.45, 7) is -0.372. The fourth-order valence-electron chi connectivity index (χ4n) is 4.51. The number of carbonyl (C=O) groups excluding carboxylic acids is 2. The van der Waals surface area contributed by atoms with E-state index < -0.39 is 39.7 Å². The maximum Gasteiger partial charge on any atom is 0.434 e. The highest BCUT2D eigenvalue weighted by Crippen LogP contribution is 2.45. The number of primary amides is 1. The molecule has 2 amide bonds. The minimum Gasteiger partial charge on any atom is -0.365 e. The Hall–Kier alpha value is -2.46. The number of nitrogens with zero attached hydrogens (tertiary/aromatic N) is 1. The van der Waals surface area contributed by atoms with Gasteiger partial charge in [0.25, 0.3) is 5.91 Å². The molecule has 0 aliphatic carbocycles. The number of nitrogens with two attached hydrogens (primary N) is 2. The van der Waals surface area contributed by atoms with Gasteiger partial charge < -0.3 is 16.6 Å². The zero-order valence-corrected chi connectivity index (χ0v) is 17.9. The fraction of sp³-hybridized carbons (Fsp3) is 0.364. The van der Waals surface area contributed by atoms with Gasteiger partial charge in [0.05, 0.1) is 6.54 Å². The lowest BCUT2D eigenvalue weighted by atomic mass is 9.89. The molecule has 0 radical (unpaired) electrons. The Morgan fingerprint density at radius 3 is 2.34 bits per heavy atom. The second-order valence-corrected chi connectivity index (χ2v) is 8.41. The lowest BCUT2D eigenvalue weighted by Gasteiger charge is -2.42. The topological polar surface area (TPSA) is 106 Å². The summed E-state index contributed by atoms with van der Waals surface area (Å²) < 4.78 is 41.9. The molecule has 1 saturated heterocycles. The van der Waals surface area contributed by atoms with E-state index in [9.17, 15) is 27.9 Å². The standard InChI is InChI=1S/C22H23ClF3N3O3/c23-17-9-8-14(12-27)15(11-17)13-29(10-4-7-18(29)19(28)30)20(31)21(32,22(24,25)26)16-5-2-1-3-6-16/h1-3,5-6,8-9,11,18,32H,4,7,10,12-13,27H2,(H-,28,30)/p+1/t18-,21?,29?/m0/s1. The minimum absolute atomic E-state index is 0.0458. The quantitative estimate of drug-likeness (QED) is 0.564. The molecule has 32 heavy (non-hydrogen) atoms. The van der Waals surface area contributed by atoms with E-state index in [1.165, 1.54) is 24.3 Å². The number of aliphatic hydroxyl groups is 1. The molecule has 2 aromatic carbocycles. The van der Waals surface area contributed by atoms with Crippen LogP contribution in [0, 0.1) is 0 Å². The van der Waals surface area contributed by atoms with Crippen molar-refractivity contribution in [2.45, 2.75) is 43.8 Å². The number of amides is 2. The second-order valence-electron chi connectivity index (χ2n) is 7.97. The van der Waals surface area contributed by atoms with Gasteiger partial charge in [0.1, 0.15) is 6.54 Å². The van der Waals surface area contributed by atoms with Gasteiger partial charge in [0.15, 0.2) is 6.04 Å². The monoisotopic (exact) mass is 470 g/mol. The lowest BCUT2D eigenvalue weighted by molar-refractivity contribution is -0.875. The van der Waals surface area contributed by atoms with Crippen LogP contribution in [0.4, 0.5) is 13.2 Å². The minimum atomic E-state index is -5.34. The number of alkyl halides is 3. The molecular formula is C22H24ClF3N3O3+. The first kappa shape index (κ1) is 24.2. The zero-order chi connectivity index (χ0) is 23.7. The van der Waals surface area contributed by atoms with Gasteiger partial charge in [-0.2, -0.15) is 13.2 Å². The van der Waals surface area contributed by atoms with Crippen molar-refractivity contribution >= 4 is 23.4 Å². The first-order chi connectivity index (χ1) is 15.0. The van der Waals surface area contributed by atoms with Crippen molar-refractivity contribution in [3.8, 4) is 0 Å². The van der Waals surface area contributed by atoms with E-state index in [0.717, 1.165) is 12.1 Å². The predicted octanol–water partition coefficient (Wildman–Crippen LogP) is 2.74. The van der Waals surface area contributed by atoms with Crippen LogP contribution in [0.15, 0.2) is 48.5 Å². The van der Waals surface area contributed by atoms with E-state index in [2.05, 4.69) is 0 Å². The van der Waals surface area contributed by atoms with Gasteiger partial charge in [-0.25, -0.2) is 9.28 Å². The summed E-state index contributed by atoms with van der Waals surface area (Å²) in [5, 5.41) is 11.3. The average Bonchev–Trinajstić information content (AvgIpc) is 3.17. The third-order valence-corrected chi connectivity index (χ3v) is 6.35. The average molecular weight is 471 g/mol. The van der Waals surface area contributed by atoms with Crippen LogP contribution in [0.5, 0.6) is 0 Å². The number of quaternary nitrogens is 1. The Labute approximate surface area is 188 Å². The van der Waals surface area contributed by atoms with Gasteiger partial charge in [-0.05, 0) is 17.7 Å². The van der Waals surface area contributed by atoms with Gasteiger partial charge in [-0.1, -0.05) is 48.0 Å². The number of hydrogen-bond acceptors (Lipinski definition) is 4. The third kappa shape index (κ3) is 4.01. The summed E-state index contributed by atoms with van der Waals surface area (Å²) in [7, 11) is 0. The van der Waals surface area contributed by atoms with Crippen LogP contribution in [0.25, 0.3) is 0 Å². The van der Waals surface area contributed by atoms with Crippen molar-refractivity contribution in [1.29, 1.82) is 0 Å². The molecule has 1 fully saturated rings. The molecule has 0 saturated carbocycles. The van der Waals surface area contributed by atoms with Crippen LogP contribution in [0.1, 0.15) is 29.5 Å². The van der Waals surface area contributed by atoms with E-state index >= 15 is 0 Å². The number of hydrogen-bond donors (Lipinski definition) is 3. The van der Waals surface area contributed by atoms with E-state index in [4.69, 9.17) is 23.1 Å². The molecule has 10 heteroatoms. The Balaban J connectivity index is 2.23. The van der Waals surface area contributed by atoms with E-state index in [-0.39, 0.29) is 32.5 Å². The number of rotatable bonds is 6. The van der Waals surface area contributed by atoms with Crippen LogP contribution in [-0.2, 0) is 28.3 Å². The summed E-state index contributed by atoms with van der Waals surface area (Å²) in [5.74, 6) is -2.47. The number of carbonyl (C=O) groups is 2. The molecule has 1 aliphatic heterocycles. The SMILES string of the molecule is NCc1ccc(Cl)cc1C[N+]1(C(=O)C(O)(c2ccccc2)C(F)(F)F)CCC[C@H]1C(N)=O. The molecular weight excluding hydrogens is 447 g/mol. The summed E-state index contributed by atoms with van der Waals surface area (Å²) >= 11 is 6.09. The number of benzene rings is 2. The molecule has 172 valence electrons. The van der Waals surface area contributed by atoms with Crippen LogP contribution in [0.3, 0.4) is 0 Å². The molecule has 0 spiro atoms. The Kier molecular flexibility index (Phi) is 6.67. The van der Waals surface area contributed by atoms with E-state index in [1.807, 2.05) is 0 Å². The molecule has 6 nitrogen and oxygen atoms in total. The summed E-state index contributed by atoms with van der Waals surface area (Å²) in [5.41, 5.74) is 7.82. The molecule has 0 bridgehead atoms. The third-order valence-electron chi connectivity index (χ3n) is 6.12. The maximum atomic E-state index is 14.3. The van der Waals surface area contributed by atoms with Crippen molar-refractivity contribution < 1.29 is 32.3 Å². The van der Waals surface area contributed by atoms with E-state index in [1.54, 1.807) is 12.1 Å². The van der Waals surface area contributed by atoms with Gasteiger partial charge in [0.2, 0.25) is 0 Å². The van der Waals surface area contributed by atoms with Crippen molar-refractivity contribution in [2.75, 3.05) is 6.54 Å². The van der Waals surface area contributed by atoms with Crippen LogP contribution < -0.4 is 11.5 Å². The molecule has 5 N–H and O–H groups in total. The Bertz CT molecular complexity index is 1020. The van der Waals surface area contributed by atoms with Crippen LogP contribution in [-0.4, -0.2) is 40.2 Å². The second kappa shape index (κ2) is 8.82. The predicted molar refractivity (Wildman–Crippen MR) is 112 cm³/mol. The van der Waals surface area contributed by atoms with Crippen molar-refractivity contribution in [3.05, 3.63) is 70.2 Å². The highest BCUT2D eigenvalue weighted by molar-refractivity contribution is 6.30. The molecule has 0 aromatic heterocycles. The maximum absolute atomic E-state index is 14.3. The van der Waals surface area contributed by atoms with Crippen molar-refractivity contribution in [3.63, 3.8) is 0 Å². The molecule has 2 aromatic rings. The summed E-state index contributed by atoms with van der Waals surface area (Å²) in [6.07, 6.45) is -4.95. The zero-order valence-electron chi connectivity index (χ0n) is 17.1. The first-order valence-electron chi connectivity index (χ1n) is 10.0. The normalized spacial score (nSPS) is 23.0. The van der Waals surface area contributed by atoms with Gasteiger partial charge in [-0.15, -0.1) is 0 Å². The largest absolute Gasteiger partial charge is 0.434 e. The highest BCUT2D eigenvalue weighted by Gasteiger charge is 2.69. The van der Waals surface area contributed by atoms with E-state index in [0.29, 0.717) is 16.1 Å². The fourth-order valence-corrected chi connectivity index (χ4v) is 4.71. The molecule has 2 unspecified atom stereocenters. The van der Waals surface area contributed by atoms with Gasteiger partial charge in [0, 0.05) is 35.5 Å². The smallest absolute Gasteiger partial charge is 0.365 e. The molecule has 3 rings (SSSR count). The number of halogens is 4. The Morgan fingerprint density at radius 1 is 1.12 bits per heavy atom. The molecule has 1 heterocycles. The Morgan fingerprint density at radius 2 is 1.78 bits per heavy atom. The first-order valence-corrected chi connectivity index (χ1v) is 10.4. The van der Waals surface area contributed by atoms with Crippen LogP contribution in [0.2, 0.25) is 5.02 Å². The lowest BCUT2D eigenvalue weighted by Crippen LogP contribution is -2.68. The summed E-state index contributed by atoms with van der Waals surface area (Å²) in [4.78, 5) is 26.1. The number of likely N-dealkylation sites (tertiary alicyclic amines) is 1. The van der Waals surface area contributed by atoms with Gasteiger partial charge in [-0.3, -0.25) is 4.79 Å². The highest BCUT2D eigenvalue weighted by atomic mass is 35.5. The van der Waals surface area contributed by atoms with Crippen molar-refractivity contribution in [1.82, 2.24) is 0 Å². The van der Waals surface area contributed by atoms with Crippen molar-refractivity contribution in [2.24, 2.45) is 11.5 Å². The molecule has 3 atom stereocenters.